The Morgan fingerprint density at radius 2 is 1.75 bits per heavy atom. The van der Waals surface area contributed by atoms with Crippen molar-refractivity contribution in [3.63, 3.8) is 0 Å². The lowest BCUT2D eigenvalue weighted by Gasteiger charge is -2.32. The standard InChI is InChI=1S/C29H35ClN4O2/c30-25-8-6-23(7-9-25)24-11-17-32(18-12-24)14-3-16-34-28-20-22(21-36-19-2-13-31)5-10-26(28)33-15-1-4-27(33)29(34)35/h1,4-10,15,20,24H,2-3,11-14,16-19,21,31H2. The van der Waals surface area contributed by atoms with Gasteiger partial charge >= 0.3 is 0 Å². The Hall–Kier alpha value is -2.64. The predicted octanol–water partition coefficient (Wildman–Crippen LogP) is 5.04. The average molecular weight is 507 g/mol. The molecule has 0 unspecified atom stereocenters. The largest absolute Gasteiger partial charge is 0.377 e. The Balaban J connectivity index is 1.26. The molecule has 1 aliphatic rings. The second-order valence-electron chi connectivity index (χ2n) is 9.76. The second kappa shape index (κ2) is 11.6. The van der Waals surface area contributed by atoms with E-state index in [0.717, 1.165) is 72.5 Å². The molecule has 0 amide bonds. The number of hydrogen-bond donors (Lipinski definition) is 1. The molecule has 0 aliphatic carbocycles. The fourth-order valence-corrected chi connectivity index (χ4v) is 5.49. The van der Waals surface area contributed by atoms with E-state index in [2.05, 4.69) is 35.2 Å². The van der Waals surface area contributed by atoms with E-state index in [1.165, 1.54) is 5.56 Å². The molecule has 2 aromatic heterocycles. The molecule has 1 fully saturated rings. The second-order valence-corrected chi connectivity index (χ2v) is 10.2. The molecule has 1 saturated heterocycles. The van der Waals surface area contributed by atoms with Crippen molar-refractivity contribution in [2.75, 3.05) is 32.8 Å². The first-order valence-electron chi connectivity index (χ1n) is 13.0. The van der Waals surface area contributed by atoms with Crippen LogP contribution in [0.5, 0.6) is 0 Å². The maximum atomic E-state index is 13.4. The van der Waals surface area contributed by atoms with E-state index in [4.69, 9.17) is 22.1 Å². The van der Waals surface area contributed by atoms with E-state index in [-0.39, 0.29) is 5.56 Å². The zero-order valence-electron chi connectivity index (χ0n) is 20.7. The number of nitrogens with zero attached hydrogens (tertiary/aromatic N) is 3. The molecule has 190 valence electrons. The maximum Gasteiger partial charge on any atom is 0.275 e. The van der Waals surface area contributed by atoms with Crippen LogP contribution in [0.4, 0.5) is 0 Å². The third-order valence-corrected chi connectivity index (χ3v) is 7.60. The minimum atomic E-state index is 0.0650. The van der Waals surface area contributed by atoms with Gasteiger partial charge in [0.25, 0.3) is 5.56 Å². The first kappa shape index (κ1) is 25.0. The Labute approximate surface area is 217 Å². The lowest BCUT2D eigenvalue weighted by molar-refractivity contribution is 0.120. The van der Waals surface area contributed by atoms with Gasteiger partial charge in [-0.05, 0) is 105 Å². The SMILES string of the molecule is NCCCOCc1ccc2c(c1)n(CCCN1CCC(c3ccc(Cl)cc3)CC1)c(=O)c1cccn12. The molecule has 4 aromatic rings. The van der Waals surface area contributed by atoms with Gasteiger partial charge in [0.05, 0.1) is 17.6 Å². The summed E-state index contributed by atoms with van der Waals surface area (Å²) in [5.74, 6) is 0.604. The monoisotopic (exact) mass is 506 g/mol. The minimum absolute atomic E-state index is 0.0650. The number of piperidine rings is 1. The number of fused-ring (bicyclic) bond motifs is 3. The topological polar surface area (TPSA) is 64.9 Å². The van der Waals surface area contributed by atoms with Crippen LogP contribution in [0.1, 0.15) is 42.7 Å². The number of benzene rings is 2. The first-order valence-corrected chi connectivity index (χ1v) is 13.4. The summed E-state index contributed by atoms with van der Waals surface area (Å²) in [5, 5.41) is 0.795. The van der Waals surface area contributed by atoms with Crippen LogP contribution in [0.25, 0.3) is 16.6 Å². The van der Waals surface area contributed by atoms with Gasteiger partial charge in [-0.3, -0.25) is 4.79 Å². The van der Waals surface area contributed by atoms with Crippen molar-refractivity contribution < 1.29 is 4.74 Å². The van der Waals surface area contributed by atoms with Crippen molar-refractivity contribution >= 4 is 28.2 Å². The summed E-state index contributed by atoms with van der Waals surface area (Å²) in [6.45, 7) is 5.67. The van der Waals surface area contributed by atoms with Crippen LogP contribution in [-0.2, 0) is 17.9 Å². The molecule has 2 N–H and O–H groups in total. The van der Waals surface area contributed by atoms with Crippen molar-refractivity contribution in [3.8, 4) is 0 Å². The van der Waals surface area contributed by atoms with Crippen LogP contribution in [0, 0.1) is 0 Å². The highest BCUT2D eigenvalue weighted by atomic mass is 35.5. The third kappa shape index (κ3) is 5.52. The van der Waals surface area contributed by atoms with Crippen molar-refractivity contribution in [2.24, 2.45) is 5.73 Å². The van der Waals surface area contributed by atoms with Crippen LogP contribution in [0.15, 0.2) is 65.6 Å². The molecule has 1 aliphatic heterocycles. The van der Waals surface area contributed by atoms with Gasteiger partial charge in [0, 0.05) is 24.4 Å². The van der Waals surface area contributed by atoms with Crippen LogP contribution < -0.4 is 11.3 Å². The number of hydrogen-bond acceptors (Lipinski definition) is 4. The number of aromatic nitrogens is 2. The molecule has 2 aromatic carbocycles. The molecule has 0 radical (unpaired) electrons. The van der Waals surface area contributed by atoms with Gasteiger partial charge in [0.2, 0.25) is 0 Å². The summed E-state index contributed by atoms with van der Waals surface area (Å²) in [6, 6.07) is 18.4. The number of ether oxygens (including phenoxy) is 1. The van der Waals surface area contributed by atoms with Gasteiger partial charge in [0.1, 0.15) is 5.52 Å². The molecular weight excluding hydrogens is 472 g/mol. The number of halogens is 1. The molecule has 0 atom stereocenters. The van der Waals surface area contributed by atoms with E-state index in [0.29, 0.717) is 32.2 Å². The summed E-state index contributed by atoms with van der Waals surface area (Å²) in [6.07, 6.45) is 6.07. The lowest BCUT2D eigenvalue weighted by Crippen LogP contribution is -2.34. The lowest BCUT2D eigenvalue weighted by atomic mass is 9.89. The molecule has 3 heterocycles. The molecule has 0 bridgehead atoms. The van der Waals surface area contributed by atoms with E-state index in [1.807, 2.05) is 39.4 Å². The highest BCUT2D eigenvalue weighted by Gasteiger charge is 2.20. The van der Waals surface area contributed by atoms with E-state index >= 15 is 0 Å². The third-order valence-electron chi connectivity index (χ3n) is 7.35. The quantitative estimate of drug-likeness (QED) is 0.306. The van der Waals surface area contributed by atoms with Gasteiger partial charge in [0.15, 0.2) is 0 Å². The number of likely N-dealkylation sites (tertiary alicyclic amines) is 1. The highest BCUT2D eigenvalue weighted by molar-refractivity contribution is 6.30. The molecule has 7 heteroatoms. The van der Waals surface area contributed by atoms with Crippen LogP contribution >= 0.6 is 11.6 Å². The fourth-order valence-electron chi connectivity index (χ4n) is 5.37. The molecular formula is C29H35ClN4O2. The van der Waals surface area contributed by atoms with Crippen molar-refractivity contribution in [1.82, 2.24) is 13.9 Å². The Kier molecular flexibility index (Phi) is 8.07. The number of aryl methyl sites for hydroxylation is 1. The summed E-state index contributed by atoms with van der Waals surface area (Å²) in [4.78, 5) is 15.9. The predicted molar refractivity (Wildman–Crippen MR) is 147 cm³/mol. The summed E-state index contributed by atoms with van der Waals surface area (Å²) < 4.78 is 9.72. The summed E-state index contributed by atoms with van der Waals surface area (Å²) in [7, 11) is 0. The Morgan fingerprint density at radius 1 is 0.944 bits per heavy atom. The molecule has 6 nitrogen and oxygen atoms in total. The average Bonchev–Trinajstić information content (AvgIpc) is 3.40. The Morgan fingerprint density at radius 3 is 2.53 bits per heavy atom. The van der Waals surface area contributed by atoms with Gasteiger partial charge < -0.3 is 24.3 Å². The zero-order chi connectivity index (χ0) is 24.9. The van der Waals surface area contributed by atoms with Gasteiger partial charge in [-0.15, -0.1) is 0 Å². The molecule has 0 spiro atoms. The van der Waals surface area contributed by atoms with Gasteiger partial charge in [-0.1, -0.05) is 29.8 Å². The number of nitrogens with two attached hydrogens (primary N) is 1. The van der Waals surface area contributed by atoms with E-state index < -0.39 is 0 Å². The summed E-state index contributed by atoms with van der Waals surface area (Å²) in [5.41, 5.74) is 10.8. The van der Waals surface area contributed by atoms with Crippen molar-refractivity contribution in [3.05, 3.63) is 87.3 Å². The summed E-state index contributed by atoms with van der Waals surface area (Å²) >= 11 is 6.05. The fraction of sp³-hybridized carbons (Fsp3) is 0.414. The first-order chi connectivity index (χ1) is 17.6. The van der Waals surface area contributed by atoms with Gasteiger partial charge in [-0.25, -0.2) is 0 Å². The van der Waals surface area contributed by atoms with Crippen LogP contribution in [-0.4, -0.2) is 46.7 Å². The maximum absolute atomic E-state index is 13.4. The normalized spacial score (nSPS) is 15.3. The van der Waals surface area contributed by atoms with Crippen LogP contribution in [0.2, 0.25) is 5.02 Å². The zero-order valence-corrected chi connectivity index (χ0v) is 21.5. The Bertz CT molecular complexity index is 1350. The highest BCUT2D eigenvalue weighted by Crippen LogP contribution is 2.29. The smallest absolute Gasteiger partial charge is 0.275 e. The minimum Gasteiger partial charge on any atom is -0.377 e. The van der Waals surface area contributed by atoms with E-state index in [1.54, 1.807) is 0 Å². The van der Waals surface area contributed by atoms with Crippen molar-refractivity contribution in [2.45, 2.75) is 44.8 Å². The van der Waals surface area contributed by atoms with Gasteiger partial charge in [-0.2, -0.15) is 0 Å². The molecule has 0 saturated carbocycles. The van der Waals surface area contributed by atoms with Crippen LogP contribution in [0.3, 0.4) is 0 Å². The van der Waals surface area contributed by atoms with Crippen molar-refractivity contribution in [1.29, 1.82) is 0 Å². The molecule has 5 rings (SSSR count). The van der Waals surface area contributed by atoms with E-state index in [9.17, 15) is 4.79 Å². The number of rotatable bonds is 10. The molecule has 36 heavy (non-hydrogen) atoms.